The van der Waals surface area contributed by atoms with Crippen molar-refractivity contribution in [2.24, 2.45) is 0 Å². The van der Waals surface area contributed by atoms with Gasteiger partial charge in [0.1, 0.15) is 0 Å². The number of hydrogen-bond donors (Lipinski definition) is 0. The van der Waals surface area contributed by atoms with Crippen LogP contribution in [0.5, 0.6) is 0 Å². The minimum Gasteiger partial charge on any atom is 0 e. The molecule has 0 saturated carbocycles. The maximum absolute atomic E-state index is 0. The van der Waals surface area contributed by atoms with E-state index in [4.69, 9.17) is 0 Å². The van der Waals surface area contributed by atoms with Gasteiger partial charge in [-0.1, -0.05) is 0 Å². The Labute approximate surface area is 308 Å². The summed E-state index contributed by atoms with van der Waals surface area (Å²) in [7, 11) is 0. The van der Waals surface area contributed by atoms with Gasteiger partial charge in [-0.25, -0.2) is 0 Å². The molecule has 0 aromatic rings. The Bertz CT molecular complexity index is 33.2. The fourth-order valence-electron chi connectivity index (χ4n) is 0. The van der Waals surface area contributed by atoms with E-state index in [1.165, 1.54) is 0 Å². The van der Waals surface area contributed by atoms with E-state index in [2.05, 4.69) is 0 Å². The fourth-order valence-corrected chi connectivity index (χ4v) is 0. The molecular weight excluding hydrogens is 1120 g/mol. The second-order valence-electron chi connectivity index (χ2n) is 0. The molecule has 65 valence electrons. The van der Waals surface area contributed by atoms with Crippen molar-refractivity contribution in [3.63, 3.8) is 0 Å². The van der Waals surface area contributed by atoms with Crippen LogP contribution < -0.4 is 0 Å². The third-order valence-corrected chi connectivity index (χ3v) is 0. The molecule has 0 aromatic carbocycles. The molecular formula is CeCrErHoNdPrScTiTmV. The Kier molecular flexibility index (Phi) is 427. The zero-order valence-electron chi connectivity index (χ0n) is 4.38. The van der Waals surface area contributed by atoms with E-state index in [0.717, 1.165) is 0 Å². The molecule has 10 heteroatoms. The SMILES string of the molecule is [Ce].[Cr].[Er].[Ho].[Nd].[Pr].[Sc].[Ti].[Tm].[V]. The molecule has 0 saturated heterocycles. The van der Waals surface area contributed by atoms with Crippen LogP contribution in [0.3, 0.4) is 0 Å². The molecule has 0 atom stereocenters. The average molecular weight is 1120 g/mol. The minimum absolute atomic E-state index is 0. The van der Waals surface area contributed by atoms with Gasteiger partial charge >= 0.3 is 0 Å². The smallest absolute Gasteiger partial charge is 0 e. The van der Waals surface area contributed by atoms with Crippen molar-refractivity contribution in [1.82, 2.24) is 0 Å². The van der Waals surface area contributed by atoms with Gasteiger partial charge < -0.3 is 0 Å². The Morgan fingerprint density at radius 2 is 1.00 bits per heavy atom. The molecule has 5 radical (unpaired) electrons. The zero-order valence-corrected chi connectivity index (χ0v) is 26.0. The minimum atomic E-state index is 0. The van der Waals surface area contributed by atoms with E-state index in [-0.39, 0.29) is 319 Å². The molecule has 0 N–H and O–H groups in total. The number of rotatable bonds is 0. The third-order valence-electron chi connectivity index (χ3n) is 0. The summed E-state index contributed by atoms with van der Waals surface area (Å²) in [5.41, 5.74) is 0. The summed E-state index contributed by atoms with van der Waals surface area (Å²) in [6.45, 7) is 0. The maximum Gasteiger partial charge on any atom is 0 e. The maximum atomic E-state index is 0. The quantitative estimate of drug-likeness (QED) is 0.300. The Morgan fingerprint density at radius 1 is 1.00 bits per heavy atom. The van der Waals surface area contributed by atoms with Crippen LogP contribution in [0.25, 0.3) is 0 Å². The first-order valence-corrected chi connectivity index (χ1v) is 0. The van der Waals surface area contributed by atoms with Gasteiger partial charge in [-0.2, -0.15) is 0 Å². The summed E-state index contributed by atoms with van der Waals surface area (Å²) in [5, 5.41) is 0. The van der Waals surface area contributed by atoms with Crippen molar-refractivity contribution in [3.05, 3.63) is 0 Å². The molecule has 0 aromatic heterocycles. The summed E-state index contributed by atoms with van der Waals surface area (Å²) in [6.07, 6.45) is 0. The normalized spacial score (nSPS) is 0. The Hall–Kier alpha value is 10.5. The third kappa shape index (κ3) is 51.4. The molecule has 0 rings (SSSR count). The first kappa shape index (κ1) is 70.6. The van der Waals surface area contributed by atoms with Crippen LogP contribution in [0, 0.1) is 236 Å². The van der Waals surface area contributed by atoms with Crippen LogP contribution in [0.15, 0.2) is 0 Å². The van der Waals surface area contributed by atoms with E-state index < -0.39 is 0 Å². The molecule has 10 heavy (non-hydrogen) atoms. The molecule has 0 aliphatic rings. The number of hydrogen-bond acceptors (Lipinski definition) is 0. The summed E-state index contributed by atoms with van der Waals surface area (Å²) in [4.78, 5) is 0. The van der Waals surface area contributed by atoms with E-state index in [1.807, 2.05) is 0 Å². The van der Waals surface area contributed by atoms with Gasteiger partial charge in [-0.05, 0) is 0 Å². The van der Waals surface area contributed by atoms with Gasteiger partial charge in [0.05, 0.1) is 0 Å². The first-order valence-electron chi connectivity index (χ1n) is 0. The molecule has 0 heterocycles. The van der Waals surface area contributed by atoms with E-state index in [0.29, 0.717) is 0 Å². The van der Waals surface area contributed by atoms with E-state index >= 15 is 0 Å². The van der Waals surface area contributed by atoms with Crippen LogP contribution in [0.4, 0.5) is 0 Å². The van der Waals surface area contributed by atoms with Gasteiger partial charge in [0.2, 0.25) is 0 Å². The average Bonchev–Trinajstić information content (AvgIpc) is 0. The van der Waals surface area contributed by atoms with Crippen molar-refractivity contribution in [3.8, 4) is 0 Å². The second-order valence-corrected chi connectivity index (χ2v) is 0. The molecule has 0 bridgehead atoms. The van der Waals surface area contributed by atoms with Crippen LogP contribution in [0.1, 0.15) is 0 Å². The van der Waals surface area contributed by atoms with Crippen molar-refractivity contribution in [1.29, 1.82) is 0 Å². The molecule has 0 fully saturated rings. The molecule has 0 spiro atoms. The van der Waals surface area contributed by atoms with Crippen LogP contribution in [-0.2, 0) is 83.5 Å². The molecule has 0 nitrogen and oxygen atoms in total. The predicted molar refractivity (Wildman–Crippen MR) is 0 cm³/mol. The van der Waals surface area contributed by atoms with Gasteiger partial charge in [-0.3, -0.25) is 0 Å². The molecule has 0 aliphatic carbocycles. The van der Waals surface area contributed by atoms with Crippen molar-refractivity contribution in [2.75, 3.05) is 0 Å². The standard InChI is InChI=1S/Ce.Cr.Er.Ho.Nd.Pr.Sc.Ti.Tm.V. The van der Waals surface area contributed by atoms with Gasteiger partial charge in [0.25, 0.3) is 0 Å². The van der Waals surface area contributed by atoms with Crippen molar-refractivity contribution < 1.29 is 319 Å². The molecule has 0 amide bonds. The zero-order chi connectivity index (χ0) is 0. The van der Waals surface area contributed by atoms with Gasteiger partial charge in [0.15, 0.2) is 0 Å². The predicted octanol–water partition coefficient (Wildman–Crippen LogP) is -0.0100. The summed E-state index contributed by atoms with van der Waals surface area (Å²) >= 11 is 0. The Balaban J connectivity index is 0. The van der Waals surface area contributed by atoms with Crippen LogP contribution in [0.2, 0.25) is 0 Å². The summed E-state index contributed by atoms with van der Waals surface area (Å²) in [5.74, 6) is 0. The Morgan fingerprint density at radius 3 is 1.00 bits per heavy atom. The van der Waals surface area contributed by atoms with E-state index in [9.17, 15) is 0 Å². The van der Waals surface area contributed by atoms with Crippen LogP contribution >= 0.6 is 0 Å². The van der Waals surface area contributed by atoms with E-state index in [1.54, 1.807) is 0 Å². The monoisotopic (exact) mass is 1120 g/mol. The topological polar surface area (TPSA) is 0 Å². The first-order chi connectivity index (χ1) is 0. The van der Waals surface area contributed by atoms with Gasteiger partial charge in [0, 0.05) is 319 Å². The van der Waals surface area contributed by atoms with Crippen molar-refractivity contribution >= 4 is 0 Å². The van der Waals surface area contributed by atoms with Crippen molar-refractivity contribution in [2.45, 2.75) is 0 Å². The summed E-state index contributed by atoms with van der Waals surface area (Å²) < 4.78 is 0. The van der Waals surface area contributed by atoms with Crippen LogP contribution in [-0.4, -0.2) is 0 Å². The second kappa shape index (κ2) is 60.5. The summed E-state index contributed by atoms with van der Waals surface area (Å²) in [6, 6.07) is 0. The van der Waals surface area contributed by atoms with Gasteiger partial charge in [-0.15, -0.1) is 0 Å². The largest absolute Gasteiger partial charge is 0 e. The molecule has 0 unspecified atom stereocenters. The fraction of sp³-hybridized carbons (Fsp3) is 0. The molecule has 0 aliphatic heterocycles.